The lowest BCUT2D eigenvalue weighted by atomic mass is 10.0. The van der Waals surface area contributed by atoms with Gasteiger partial charge in [0.15, 0.2) is 6.10 Å². The van der Waals surface area contributed by atoms with E-state index in [1.54, 1.807) is 0 Å². The summed E-state index contributed by atoms with van der Waals surface area (Å²) in [7, 11) is 0. The summed E-state index contributed by atoms with van der Waals surface area (Å²) in [6, 6.07) is 0. The molecule has 0 aromatic carbocycles. The lowest BCUT2D eigenvalue weighted by Gasteiger charge is -2.18. The van der Waals surface area contributed by atoms with Crippen LogP contribution in [0.3, 0.4) is 0 Å². The quantitative estimate of drug-likeness (QED) is 0.0261. The lowest BCUT2D eigenvalue weighted by molar-refractivity contribution is -0.167. The Bertz CT molecular complexity index is 1470. The van der Waals surface area contributed by atoms with Crippen molar-refractivity contribution >= 4 is 17.9 Å². The minimum absolute atomic E-state index is 0.0899. The van der Waals surface area contributed by atoms with Crippen LogP contribution in [-0.4, -0.2) is 37.2 Å². The number of rotatable bonds is 60. The van der Waals surface area contributed by atoms with E-state index in [0.29, 0.717) is 19.3 Å². The summed E-state index contributed by atoms with van der Waals surface area (Å²) in [5.74, 6) is -0.933. The van der Waals surface area contributed by atoms with Crippen LogP contribution in [0.15, 0.2) is 85.1 Å². The number of carbonyl (C=O) groups excluding carboxylic acids is 3. The number of esters is 3. The van der Waals surface area contributed by atoms with Crippen LogP contribution in [0.2, 0.25) is 0 Å². The summed E-state index contributed by atoms with van der Waals surface area (Å²) in [5.41, 5.74) is 0. The smallest absolute Gasteiger partial charge is 0.306 e. The fourth-order valence-electron chi connectivity index (χ4n) is 9.49. The van der Waals surface area contributed by atoms with Gasteiger partial charge in [0, 0.05) is 19.3 Å². The van der Waals surface area contributed by atoms with Gasteiger partial charge in [-0.3, -0.25) is 14.4 Å². The first kappa shape index (κ1) is 73.6. The van der Waals surface area contributed by atoms with Crippen LogP contribution >= 0.6 is 0 Å². The van der Waals surface area contributed by atoms with Crippen LogP contribution in [0.1, 0.15) is 329 Å². The second kappa shape index (κ2) is 65.1. The highest BCUT2D eigenvalue weighted by atomic mass is 16.6. The molecule has 0 radical (unpaired) electrons. The topological polar surface area (TPSA) is 78.9 Å². The predicted octanol–water partition coefficient (Wildman–Crippen LogP) is 22.7. The van der Waals surface area contributed by atoms with Gasteiger partial charge in [-0.05, 0) is 70.6 Å². The van der Waals surface area contributed by atoms with Crippen molar-refractivity contribution < 1.29 is 28.6 Å². The average Bonchev–Trinajstić information content (AvgIpc) is 3.43. The molecular formula is C71H124O6. The zero-order valence-corrected chi connectivity index (χ0v) is 51.0. The van der Waals surface area contributed by atoms with Crippen LogP contribution in [0.5, 0.6) is 0 Å². The molecule has 6 nitrogen and oxygen atoms in total. The first-order chi connectivity index (χ1) is 38.0. The molecular weight excluding hydrogens is 949 g/mol. The molecule has 0 aliphatic carbocycles. The average molecular weight is 1070 g/mol. The Kier molecular flexibility index (Phi) is 62.2. The van der Waals surface area contributed by atoms with Crippen molar-refractivity contribution in [2.45, 2.75) is 335 Å². The van der Waals surface area contributed by atoms with E-state index in [1.807, 2.05) is 0 Å². The molecule has 0 aromatic heterocycles. The minimum Gasteiger partial charge on any atom is -0.462 e. The molecule has 0 bridgehead atoms. The summed E-state index contributed by atoms with van der Waals surface area (Å²) in [4.78, 5) is 38.4. The molecule has 1 atom stereocenters. The number of unbranched alkanes of at least 4 members (excludes halogenated alkanes) is 35. The molecule has 0 aromatic rings. The van der Waals surface area contributed by atoms with Gasteiger partial charge < -0.3 is 14.2 Å². The second-order valence-electron chi connectivity index (χ2n) is 22.0. The predicted molar refractivity (Wildman–Crippen MR) is 334 cm³/mol. The molecule has 0 rings (SSSR count). The van der Waals surface area contributed by atoms with Gasteiger partial charge in [-0.2, -0.15) is 0 Å². The van der Waals surface area contributed by atoms with Gasteiger partial charge in [0.2, 0.25) is 0 Å². The van der Waals surface area contributed by atoms with Gasteiger partial charge in [0.05, 0.1) is 0 Å². The molecule has 0 N–H and O–H groups in total. The standard InChI is InChI=1S/C71H124O6/c1-4-7-10-13-16-19-22-25-28-31-34-35-36-37-38-41-43-46-49-52-55-58-61-64-70(73)76-67-68(77-71(74)65-62-59-56-53-50-47-44-40-33-30-27-24-21-18-15-12-9-6-3)66-75-69(72)63-60-57-54-51-48-45-42-39-32-29-26-23-20-17-14-11-8-5-2/h7,10,16,19,25,28,34-35,37-38,43,46,52,55,68H,4-6,8-9,11-15,17-18,20-24,26-27,29-33,36,39-42,44-45,47-51,53-54,56-67H2,1-3H3/b10-7-,19-16-,28-25-,35-34-,38-37-,46-43-,55-52-. The SMILES string of the molecule is CC/C=C\C/C=C\C/C=C\C/C=C\C/C=C\C/C=C\C/C=C\CCCC(=O)OCC(COC(=O)CCCCCCCCCCCCCCCCCCCC)OC(=O)CCCCCCCCCCCCCCCCCCCC. The number of carbonyl (C=O) groups is 3. The van der Waals surface area contributed by atoms with Crippen molar-refractivity contribution in [2.75, 3.05) is 13.2 Å². The Labute approximate surface area is 477 Å². The van der Waals surface area contributed by atoms with Crippen LogP contribution in [-0.2, 0) is 28.6 Å². The zero-order chi connectivity index (χ0) is 55.7. The van der Waals surface area contributed by atoms with E-state index >= 15 is 0 Å². The van der Waals surface area contributed by atoms with Crippen molar-refractivity contribution in [2.24, 2.45) is 0 Å². The number of allylic oxidation sites excluding steroid dienone is 14. The lowest BCUT2D eigenvalue weighted by Crippen LogP contribution is -2.30. The Morgan fingerprint density at radius 2 is 0.506 bits per heavy atom. The van der Waals surface area contributed by atoms with E-state index in [-0.39, 0.29) is 37.5 Å². The molecule has 77 heavy (non-hydrogen) atoms. The molecule has 0 aliphatic heterocycles. The highest BCUT2D eigenvalue weighted by Crippen LogP contribution is 2.17. The summed E-state index contributed by atoms with van der Waals surface area (Å²) < 4.78 is 16.9. The fraction of sp³-hybridized carbons (Fsp3) is 0.761. The zero-order valence-electron chi connectivity index (χ0n) is 51.0. The van der Waals surface area contributed by atoms with E-state index in [1.165, 1.54) is 193 Å². The molecule has 0 fully saturated rings. The molecule has 6 heteroatoms. The van der Waals surface area contributed by atoms with Crippen molar-refractivity contribution in [3.05, 3.63) is 85.1 Å². The molecule has 0 saturated carbocycles. The first-order valence-electron chi connectivity index (χ1n) is 33.1. The molecule has 0 saturated heterocycles. The monoisotopic (exact) mass is 1070 g/mol. The minimum atomic E-state index is -0.799. The summed E-state index contributed by atoms with van der Waals surface area (Å²) >= 11 is 0. The largest absolute Gasteiger partial charge is 0.462 e. The van der Waals surface area contributed by atoms with Crippen molar-refractivity contribution in [3.8, 4) is 0 Å². The van der Waals surface area contributed by atoms with E-state index in [4.69, 9.17) is 14.2 Å². The molecule has 444 valence electrons. The Morgan fingerprint density at radius 1 is 0.273 bits per heavy atom. The van der Waals surface area contributed by atoms with Gasteiger partial charge in [-0.15, -0.1) is 0 Å². The normalized spacial score (nSPS) is 12.6. The Morgan fingerprint density at radius 3 is 0.792 bits per heavy atom. The van der Waals surface area contributed by atoms with Crippen LogP contribution in [0, 0.1) is 0 Å². The van der Waals surface area contributed by atoms with Gasteiger partial charge in [-0.1, -0.05) is 324 Å². The third-order valence-corrected chi connectivity index (χ3v) is 14.4. The van der Waals surface area contributed by atoms with Crippen molar-refractivity contribution in [1.82, 2.24) is 0 Å². The third-order valence-electron chi connectivity index (χ3n) is 14.4. The summed E-state index contributed by atoms with van der Waals surface area (Å²) in [5, 5.41) is 0. The molecule has 1 unspecified atom stereocenters. The Balaban J connectivity index is 4.44. The summed E-state index contributed by atoms with van der Waals surface area (Å²) in [6.07, 6.45) is 86.0. The van der Waals surface area contributed by atoms with Crippen LogP contribution < -0.4 is 0 Å². The summed E-state index contributed by atoms with van der Waals surface area (Å²) in [6.45, 7) is 6.53. The molecule has 0 aliphatic rings. The van der Waals surface area contributed by atoms with Crippen LogP contribution in [0.25, 0.3) is 0 Å². The van der Waals surface area contributed by atoms with Crippen molar-refractivity contribution in [1.29, 1.82) is 0 Å². The maximum absolute atomic E-state index is 12.9. The molecule has 0 spiro atoms. The van der Waals surface area contributed by atoms with E-state index in [9.17, 15) is 14.4 Å². The molecule has 0 amide bonds. The number of ether oxygens (including phenoxy) is 3. The third kappa shape index (κ3) is 63.3. The number of hydrogen-bond acceptors (Lipinski definition) is 6. The van der Waals surface area contributed by atoms with Gasteiger partial charge in [-0.25, -0.2) is 0 Å². The second-order valence-corrected chi connectivity index (χ2v) is 22.0. The van der Waals surface area contributed by atoms with Crippen molar-refractivity contribution in [3.63, 3.8) is 0 Å². The van der Waals surface area contributed by atoms with E-state index < -0.39 is 6.10 Å². The highest BCUT2D eigenvalue weighted by molar-refractivity contribution is 5.71. The molecule has 0 heterocycles. The highest BCUT2D eigenvalue weighted by Gasteiger charge is 2.19. The van der Waals surface area contributed by atoms with Crippen LogP contribution in [0.4, 0.5) is 0 Å². The maximum atomic E-state index is 12.9. The van der Waals surface area contributed by atoms with Gasteiger partial charge >= 0.3 is 17.9 Å². The van der Waals surface area contributed by atoms with Gasteiger partial charge in [0.25, 0.3) is 0 Å². The van der Waals surface area contributed by atoms with E-state index in [2.05, 4.69) is 106 Å². The van der Waals surface area contributed by atoms with E-state index in [0.717, 1.165) is 89.9 Å². The van der Waals surface area contributed by atoms with Gasteiger partial charge in [0.1, 0.15) is 13.2 Å². The maximum Gasteiger partial charge on any atom is 0.306 e. The number of hydrogen-bond donors (Lipinski definition) is 0. The Hall–Kier alpha value is -3.41. The first-order valence-corrected chi connectivity index (χ1v) is 33.1. The fourth-order valence-corrected chi connectivity index (χ4v) is 9.49.